The third-order valence-electron chi connectivity index (χ3n) is 5.03. The van der Waals surface area contributed by atoms with E-state index < -0.39 is 0 Å². The fourth-order valence-electron chi connectivity index (χ4n) is 3.56. The zero-order chi connectivity index (χ0) is 15.3. The molecule has 1 aromatic carbocycles. The van der Waals surface area contributed by atoms with Crippen molar-refractivity contribution in [1.82, 2.24) is 10.2 Å². The number of hydrogen-bond acceptors (Lipinski definition) is 2. The lowest BCUT2D eigenvalue weighted by Crippen LogP contribution is -2.25. The lowest BCUT2D eigenvalue weighted by Gasteiger charge is -2.30. The molecule has 0 saturated heterocycles. The monoisotopic (exact) mass is 299 g/mol. The van der Waals surface area contributed by atoms with Gasteiger partial charge >= 0.3 is 0 Å². The molecule has 1 atom stereocenters. The fraction of sp³-hybridized carbons (Fsp3) is 0.412. The Morgan fingerprint density at radius 1 is 1.32 bits per heavy atom. The van der Waals surface area contributed by atoms with E-state index in [-0.39, 0.29) is 17.6 Å². The first-order valence-electron chi connectivity index (χ1n) is 7.78. The summed E-state index contributed by atoms with van der Waals surface area (Å²) in [5.41, 5.74) is 3.68. The highest BCUT2D eigenvalue weighted by Gasteiger charge is 2.36. The summed E-state index contributed by atoms with van der Waals surface area (Å²) in [7, 11) is 0. The molecule has 0 spiro atoms. The molecule has 4 nitrogen and oxygen atoms in total. The molecule has 22 heavy (non-hydrogen) atoms. The number of H-pyrrole nitrogens is 1. The van der Waals surface area contributed by atoms with Crippen molar-refractivity contribution in [1.29, 1.82) is 0 Å². The molecule has 4 rings (SSSR count). The summed E-state index contributed by atoms with van der Waals surface area (Å²) >= 11 is 0. The van der Waals surface area contributed by atoms with Gasteiger partial charge in [-0.3, -0.25) is 9.89 Å². The van der Waals surface area contributed by atoms with Crippen LogP contribution in [0.25, 0.3) is 0 Å². The van der Waals surface area contributed by atoms with Crippen molar-refractivity contribution in [2.45, 2.75) is 44.4 Å². The number of aromatic amines is 1. The van der Waals surface area contributed by atoms with Crippen LogP contribution in [0.15, 0.2) is 18.2 Å². The van der Waals surface area contributed by atoms with Crippen LogP contribution in [0.1, 0.15) is 59.9 Å². The molecule has 2 aromatic rings. The molecule has 1 fully saturated rings. The second-order valence-corrected chi connectivity index (χ2v) is 6.29. The van der Waals surface area contributed by atoms with E-state index in [9.17, 15) is 9.18 Å². The van der Waals surface area contributed by atoms with Crippen LogP contribution in [0.5, 0.6) is 0 Å². The molecule has 2 heterocycles. The van der Waals surface area contributed by atoms with Crippen molar-refractivity contribution in [3.8, 4) is 0 Å². The van der Waals surface area contributed by atoms with Crippen LogP contribution in [0.4, 0.5) is 10.2 Å². The number of hydrogen-bond donors (Lipinski definition) is 2. The SMILES string of the molecule is Cc1c(F)cccc1C1CC(=O)Nc2n[nH]c(C3CCC3)c21. The Hall–Kier alpha value is -2.17. The highest BCUT2D eigenvalue weighted by molar-refractivity contribution is 5.94. The lowest BCUT2D eigenvalue weighted by atomic mass is 9.76. The molecule has 1 amide bonds. The lowest BCUT2D eigenvalue weighted by molar-refractivity contribution is -0.116. The highest BCUT2D eigenvalue weighted by Crippen LogP contribution is 2.46. The molecular weight excluding hydrogens is 281 g/mol. The summed E-state index contributed by atoms with van der Waals surface area (Å²) in [6.45, 7) is 1.78. The van der Waals surface area contributed by atoms with Crippen LogP contribution in [0.2, 0.25) is 0 Å². The van der Waals surface area contributed by atoms with Gasteiger partial charge in [0.15, 0.2) is 5.82 Å². The quantitative estimate of drug-likeness (QED) is 0.890. The molecule has 0 bridgehead atoms. The molecule has 1 aliphatic carbocycles. The molecule has 2 N–H and O–H groups in total. The van der Waals surface area contributed by atoms with Crippen molar-refractivity contribution in [2.24, 2.45) is 0 Å². The Balaban J connectivity index is 1.85. The fourth-order valence-corrected chi connectivity index (χ4v) is 3.56. The predicted octanol–water partition coefficient (Wildman–Crippen LogP) is 3.60. The van der Waals surface area contributed by atoms with E-state index in [1.165, 1.54) is 12.5 Å². The normalized spacial score (nSPS) is 21.2. The smallest absolute Gasteiger partial charge is 0.226 e. The van der Waals surface area contributed by atoms with Gasteiger partial charge < -0.3 is 5.32 Å². The van der Waals surface area contributed by atoms with E-state index in [0.29, 0.717) is 23.7 Å². The minimum absolute atomic E-state index is 0.0622. The second kappa shape index (κ2) is 4.93. The number of carbonyl (C=O) groups is 1. The predicted molar refractivity (Wildman–Crippen MR) is 81.4 cm³/mol. The number of aromatic nitrogens is 2. The number of fused-ring (bicyclic) bond motifs is 1. The Labute approximate surface area is 128 Å². The molecule has 114 valence electrons. The van der Waals surface area contributed by atoms with Crippen molar-refractivity contribution < 1.29 is 9.18 Å². The Morgan fingerprint density at radius 2 is 2.14 bits per heavy atom. The van der Waals surface area contributed by atoms with E-state index in [1.54, 1.807) is 13.0 Å². The first kappa shape index (κ1) is 13.5. The van der Waals surface area contributed by atoms with E-state index in [2.05, 4.69) is 15.5 Å². The van der Waals surface area contributed by atoms with Gasteiger partial charge in [0.05, 0.1) is 0 Å². The van der Waals surface area contributed by atoms with Gasteiger partial charge in [-0.15, -0.1) is 0 Å². The molecule has 1 unspecified atom stereocenters. The largest absolute Gasteiger partial charge is 0.309 e. The summed E-state index contributed by atoms with van der Waals surface area (Å²) in [6, 6.07) is 5.10. The third kappa shape index (κ3) is 1.95. The van der Waals surface area contributed by atoms with Gasteiger partial charge in [0, 0.05) is 29.5 Å². The van der Waals surface area contributed by atoms with Gasteiger partial charge in [-0.05, 0) is 37.0 Å². The van der Waals surface area contributed by atoms with E-state index in [4.69, 9.17) is 0 Å². The number of nitrogens with zero attached hydrogens (tertiary/aromatic N) is 1. The number of rotatable bonds is 2. The van der Waals surface area contributed by atoms with Crippen molar-refractivity contribution in [2.75, 3.05) is 5.32 Å². The highest BCUT2D eigenvalue weighted by atomic mass is 19.1. The summed E-state index contributed by atoms with van der Waals surface area (Å²) in [5, 5.41) is 10.2. The summed E-state index contributed by atoms with van der Waals surface area (Å²) in [6.07, 6.45) is 3.87. The maximum absolute atomic E-state index is 13.9. The number of carbonyl (C=O) groups excluding carboxylic acids is 1. The zero-order valence-electron chi connectivity index (χ0n) is 12.4. The first-order chi connectivity index (χ1) is 10.6. The third-order valence-corrected chi connectivity index (χ3v) is 5.03. The van der Waals surface area contributed by atoms with Crippen LogP contribution in [-0.2, 0) is 4.79 Å². The summed E-state index contributed by atoms with van der Waals surface area (Å²) in [4.78, 5) is 12.0. The zero-order valence-corrected chi connectivity index (χ0v) is 12.4. The number of amides is 1. The molecule has 1 aromatic heterocycles. The molecule has 1 saturated carbocycles. The van der Waals surface area contributed by atoms with Gasteiger partial charge in [0.1, 0.15) is 5.82 Å². The Morgan fingerprint density at radius 3 is 2.86 bits per heavy atom. The molecule has 2 aliphatic rings. The van der Waals surface area contributed by atoms with Crippen LogP contribution in [0.3, 0.4) is 0 Å². The standard InChI is InChI=1S/C17H18FN3O/c1-9-11(6-3-7-13(9)18)12-8-14(22)19-17-15(12)16(20-21-17)10-4-2-5-10/h3,6-7,10,12H,2,4-5,8H2,1H3,(H2,19,20,21,22). The molecule has 0 radical (unpaired) electrons. The maximum atomic E-state index is 13.9. The van der Waals surface area contributed by atoms with E-state index in [0.717, 1.165) is 29.7 Å². The van der Waals surface area contributed by atoms with Crippen molar-refractivity contribution in [3.63, 3.8) is 0 Å². The number of nitrogens with one attached hydrogen (secondary N) is 2. The minimum atomic E-state index is -0.223. The number of anilines is 1. The average molecular weight is 299 g/mol. The van der Waals surface area contributed by atoms with Crippen LogP contribution in [-0.4, -0.2) is 16.1 Å². The van der Waals surface area contributed by atoms with Crippen LogP contribution < -0.4 is 5.32 Å². The second-order valence-electron chi connectivity index (χ2n) is 6.29. The summed E-state index contributed by atoms with van der Waals surface area (Å²) in [5.74, 6) is 0.703. The Bertz CT molecular complexity index is 748. The van der Waals surface area contributed by atoms with E-state index in [1.807, 2.05) is 6.07 Å². The van der Waals surface area contributed by atoms with Crippen LogP contribution in [0, 0.1) is 12.7 Å². The molecular formula is C17H18FN3O. The van der Waals surface area contributed by atoms with Gasteiger partial charge in [-0.1, -0.05) is 18.6 Å². The Kier molecular flexibility index (Phi) is 3.03. The first-order valence-corrected chi connectivity index (χ1v) is 7.78. The topological polar surface area (TPSA) is 57.8 Å². The number of benzene rings is 1. The van der Waals surface area contributed by atoms with Gasteiger partial charge in [-0.2, -0.15) is 5.10 Å². The number of halogens is 1. The molecule has 1 aliphatic heterocycles. The summed E-state index contributed by atoms with van der Waals surface area (Å²) < 4.78 is 13.9. The van der Waals surface area contributed by atoms with E-state index >= 15 is 0 Å². The van der Waals surface area contributed by atoms with Crippen molar-refractivity contribution in [3.05, 3.63) is 46.4 Å². The average Bonchev–Trinajstić information content (AvgIpc) is 2.83. The van der Waals surface area contributed by atoms with Crippen molar-refractivity contribution >= 4 is 11.7 Å². The van der Waals surface area contributed by atoms with Gasteiger partial charge in [-0.25, -0.2) is 4.39 Å². The maximum Gasteiger partial charge on any atom is 0.226 e. The molecule has 5 heteroatoms. The minimum Gasteiger partial charge on any atom is -0.309 e. The van der Waals surface area contributed by atoms with Crippen LogP contribution >= 0.6 is 0 Å². The van der Waals surface area contributed by atoms with Gasteiger partial charge in [0.2, 0.25) is 5.91 Å². The van der Waals surface area contributed by atoms with Gasteiger partial charge in [0.25, 0.3) is 0 Å².